The molecular weight excluding hydrogens is 168 g/mol. The lowest BCUT2D eigenvalue weighted by Crippen LogP contribution is -2.37. The van der Waals surface area contributed by atoms with Crippen LogP contribution in [0.1, 0.15) is 20.8 Å². The zero-order valence-electron chi connectivity index (χ0n) is 8.55. The van der Waals surface area contributed by atoms with Crippen LogP contribution in [0.4, 0.5) is 0 Å². The highest BCUT2D eigenvalue weighted by molar-refractivity contribution is 7.99. The molecule has 2 N–H and O–H groups in total. The summed E-state index contributed by atoms with van der Waals surface area (Å²) in [6.07, 6.45) is 0. The molecule has 0 aliphatic carbocycles. The topological polar surface area (TPSA) is 29.3 Å². The minimum absolute atomic E-state index is 0.750. The normalized spacial score (nSPS) is 18.8. The van der Waals surface area contributed by atoms with Crippen LogP contribution in [0.2, 0.25) is 0 Å². The summed E-state index contributed by atoms with van der Waals surface area (Å²) >= 11 is 2.07. The molecular formula is C9H22N2S. The molecule has 0 aromatic carbocycles. The first-order valence-electron chi connectivity index (χ1n) is 4.74. The molecule has 1 fully saturated rings. The molecule has 1 aliphatic rings. The van der Waals surface area contributed by atoms with Gasteiger partial charge in [0.2, 0.25) is 0 Å². The SMILES string of the molecule is CC(C)N1CCSCC1.CCN. The summed E-state index contributed by atoms with van der Waals surface area (Å²) in [5, 5.41) is 0. The molecule has 0 unspecified atom stereocenters. The largest absolute Gasteiger partial charge is 0.331 e. The van der Waals surface area contributed by atoms with Crippen LogP contribution in [0.15, 0.2) is 0 Å². The molecule has 0 aromatic heterocycles. The van der Waals surface area contributed by atoms with Crippen molar-refractivity contribution in [1.82, 2.24) is 4.90 Å². The van der Waals surface area contributed by atoms with Gasteiger partial charge in [-0.1, -0.05) is 6.92 Å². The van der Waals surface area contributed by atoms with Crippen LogP contribution in [0.3, 0.4) is 0 Å². The van der Waals surface area contributed by atoms with E-state index in [0.29, 0.717) is 0 Å². The van der Waals surface area contributed by atoms with Crippen LogP contribution >= 0.6 is 11.8 Å². The van der Waals surface area contributed by atoms with Gasteiger partial charge in [-0.3, -0.25) is 4.90 Å². The Morgan fingerprint density at radius 1 is 1.33 bits per heavy atom. The Kier molecular flexibility index (Phi) is 8.07. The van der Waals surface area contributed by atoms with Gasteiger partial charge in [-0.25, -0.2) is 0 Å². The Labute approximate surface area is 80.9 Å². The summed E-state index contributed by atoms with van der Waals surface area (Å²) in [6.45, 7) is 9.79. The Morgan fingerprint density at radius 2 is 1.75 bits per heavy atom. The third-order valence-corrected chi connectivity index (χ3v) is 2.72. The molecule has 1 heterocycles. The van der Waals surface area contributed by atoms with E-state index in [1.165, 1.54) is 24.6 Å². The minimum atomic E-state index is 0.750. The Balaban J connectivity index is 0.000000354. The summed E-state index contributed by atoms with van der Waals surface area (Å²) in [5.41, 5.74) is 4.85. The molecule has 2 nitrogen and oxygen atoms in total. The van der Waals surface area contributed by atoms with E-state index in [1.807, 2.05) is 6.92 Å². The second-order valence-corrected chi connectivity index (χ2v) is 4.38. The highest BCUT2D eigenvalue weighted by atomic mass is 32.2. The van der Waals surface area contributed by atoms with Crippen molar-refractivity contribution in [3.8, 4) is 0 Å². The van der Waals surface area contributed by atoms with Crippen molar-refractivity contribution >= 4 is 11.8 Å². The molecule has 0 aromatic rings. The summed E-state index contributed by atoms with van der Waals surface area (Å²) < 4.78 is 0. The molecule has 12 heavy (non-hydrogen) atoms. The molecule has 0 bridgehead atoms. The standard InChI is InChI=1S/C7H15NS.C2H7N/c1-7(2)8-3-5-9-6-4-8;1-2-3/h7H,3-6H2,1-2H3;2-3H2,1H3. The van der Waals surface area contributed by atoms with Gasteiger partial charge < -0.3 is 5.73 Å². The molecule has 74 valence electrons. The molecule has 0 amide bonds. The summed E-state index contributed by atoms with van der Waals surface area (Å²) in [4.78, 5) is 2.54. The van der Waals surface area contributed by atoms with Crippen LogP contribution in [-0.4, -0.2) is 42.1 Å². The maximum absolute atomic E-state index is 4.85. The molecule has 0 spiro atoms. The van der Waals surface area contributed by atoms with E-state index in [4.69, 9.17) is 5.73 Å². The quantitative estimate of drug-likeness (QED) is 0.678. The average Bonchev–Trinajstić information content (AvgIpc) is 2.07. The Morgan fingerprint density at radius 3 is 2.00 bits per heavy atom. The molecule has 3 heteroatoms. The highest BCUT2D eigenvalue weighted by Gasteiger charge is 2.11. The third kappa shape index (κ3) is 5.86. The van der Waals surface area contributed by atoms with Gasteiger partial charge in [0.05, 0.1) is 0 Å². The molecule has 0 radical (unpaired) electrons. The van der Waals surface area contributed by atoms with Gasteiger partial charge in [0.1, 0.15) is 0 Å². The van der Waals surface area contributed by atoms with Crippen molar-refractivity contribution in [2.75, 3.05) is 31.1 Å². The second-order valence-electron chi connectivity index (χ2n) is 3.15. The zero-order chi connectivity index (χ0) is 9.40. The Bertz CT molecular complexity index is 90.5. The summed E-state index contributed by atoms with van der Waals surface area (Å²) in [5.74, 6) is 2.66. The van der Waals surface area contributed by atoms with E-state index >= 15 is 0 Å². The number of rotatable bonds is 1. The molecule has 1 rings (SSSR count). The number of nitrogens with zero attached hydrogens (tertiary/aromatic N) is 1. The van der Waals surface area contributed by atoms with E-state index in [-0.39, 0.29) is 0 Å². The fourth-order valence-electron chi connectivity index (χ4n) is 1.09. The van der Waals surface area contributed by atoms with E-state index in [2.05, 4.69) is 30.5 Å². The Hall–Kier alpha value is 0.270. The van der Waals surface area contributed by atoms with E-state index in [9.17, 15) is 0 Å². The third-order valence-electron chi connectivity index (χ3n) is 1.78. The van der Waals surface area contributed by atoms with Crippen molar-refractivity contribution in [3.05, 3.63) is 0 Å². The maximum Gasteiger partial charge on any atom is 0.00754 e. The lowest BCUT2D eigenvalue weighted by atomic mass is 10.3. The molecule has 1 saturated heterocycles. The number of nitrogens with two attached hydrogens (primary N) is 1. The first-order chi connectivity index (χ1) is 5.72. The van der Waals surface area contributed by atoms with E-state index in [1.54, 1.807) is 0 Å². The second kappa shape index (κ2) is 7.90. The van der Waals surface area contributed by atoms with Gasteiger partial charge in [-0.2, -0.15) is 11.8 Å². The minimum Gasteiger partial charge on any atom is -0.331 e. The lowest BCUT2D eigenvalue weighted by molar-refractivity contribution is 0.245. The van der Waals surface area contributed by atoms with Gasteiger partial charge in [0.25, 0.3) is 0 Å². The van der Waals surface area contributed by atoms with Gasteiger partial charge in [-0.15, -0.1) is 0 Å². The van der Waals surface area contributed by atoms with Crippen LogP contribution in [0.5, 0.6) is 0 Å². The monoisotopic (exact) mass is 190 g/mol. The van der Waals surface area contributed by atoms with Gasteiger partial charge in [0, 0.05) is 30.6 Å². The van der Waals surface area contributed by atoms with Crippen molar-refractivity contribution < 1.29 is 0 Å². The number of hydrogen-bond donors (Lipinski definition) is 1. The zero-order valence-corrected chi connectivity index (χ0v) is 9.36. The first kappa shape index (κ1) is 12.3. The van der Waals surface area contributed by atoms with Crippen molar-refractivity contribution in [1.29, 1.82) is 0 Å². The fourth-order valence-corrected chi connectivity index (χ4v) is 2.03. The highest BCUT2D eigenvalue weighted by Crippen LogP contribution is 2.10. The predicted octanol–water partition coefficient (Wildman–Crippen LogP) is 1.41. The van der Waals surface area contributed by atoms with Crippen molar-refractivity contribution in [2.24, 2.45) is 5.73 Å². The average molecular weight is 190 g/mol. The fraction of sp³-hybridized carbons (Fsp3) is 1.00. The van der Waals surface area contributed by atoms with Crippen molar-refractivity contribution in [3.63, 3.8) is 0 Å². The van der Waals surface area contributed by atoms with Crippen LogP contribution in [0, 0.1) is 0 Å². The van der Waals surface area contributed by atoms with E-state index in [0.717, 1.165) is 12.6 Å². The van der Waals surface area contributed by atoms with Crippen molar-refractivity contribution in [2.45, 2.75) is 26.8 Å². The maximum atomic E-state index is 4.85. The lowest BCUT2D eigenvalue weighted by Gasteiger charge is -2.29. The number of hydrogen-bond acceptors (Lipinski definition) is 3. The van der Waals surface area contributed by atoms with Gasteiger partial charge in [-0.05, 0) is 20.4 Å². The first-order valence-corrected chi connectivity index (χ1v) is 5.89. The molecule has 0 atom stereocenters. The van der Waals surface area contributed by atoms with Crippen LogP contribution in [0.25, 0.3) is 0 Å². The van der Waals surface area contributed by atoms with Gasteiger partial charge in [0.15, 0.2) is 0 Å². The predicted molar refractivity (Wildman–Crippen MR) is 58.8 cm³/mol. The smallest absolute Gasteiger partial charge is 0.00754 e. The van der Waals surface area contributed by atoms with Crippen LogP contribution < -0.4 is 5.73 Å². The summed E-state index contributed by atoms with van der Waals surface area (Å²) in [7, 11) is 0. The van der Waals surface area contributed by atoms with Crippen LogP contribution in [-0.2, 0) is 0 Å². The van der Waals surface area contributed by atoms with E-state index < -0.39 is 0 Å². The number of thioether (sulfide) groups is 1. The summed E-state index contributed by atoms with van der Waals surface area (Å²) in [6, 6.07) is 0.755. The van der Waals surface area contributed by atoms with Gasteiger partial charge >= 0.3 is 0 Å². The molecule has 0 saturated carbocycles. The molecule has 1 aliphatic heterocycles.